The van der Waals surface area contributed by atoms with E-state index in [0.29, 0.717) is 0 Å². The molecule has 0 aromatic heterocycles. The average molecular weight is 390 g/mol. The topological polar surface area (TPSA) is 60.4 Å². The minimum Gasteiger partial charge on any atom is -0.382 e. The fraction of sp³-hybridized carbons (Fsp3) is 0.619. The maximum absolute atomic E-state index is 12.0. The van der Waals surface area contributed by atoms with E-state index < -0.39 is 0 Å². The number of aliphatic imine (C=N–C) groups is 1. The second-order valence-electron chi connectivity index (χ2n) is 7.22. The van der Waals surface area contributed by atoms with Gasteiger partial charge in [0.2, 0.25) is 5.91 Å². The SMILES string of the molecule is CCOCCCNC(=NCC(=O)N(C)C)N1CCN(c2cccc(C)c2)CC1. The number of amides is 1. The van der Waals surface area contributed by atoms with Crippen LogP contribution in [-0.4, -0.2) is 88.2 Å². The van der Waals surface area contributed by atoms with E-state index in [-0.39, 0.29) is 12.5 Å². The first-order valence-corrected chi connectivity index (χ1v) is 10.1. The van der Waals surface area contributed by atoms with Gasteiger partial charge in [-0.05, 0) is 38.0 Å². The number of rotatable bonds is 8. The minimum atomic E-state index is 0.00649. The molecule has 1 saturated heterocycles. The highest BCUT2D eigenvalue weighted by molar-refractivity contribution is 5.85. The summed E-state index contributed by atoms with van der Waals surface area (Å²) in [5.41, 5.74) is 2.55. The number of hydrogen-bond donors (Lipinski definition) is 1. The third-order valence-corrected chi connectivity index (χ3v) is 4.76. The third-order valence-electron chi connectivity index (χ3n) is 4.76. The molecule has 2 rings (SSSR count). The molecular formula is C21H35N5O2. The Morgan fingerprint density at radius 2 is 2.00 bits per heavy atom. The molecule has 1 fully saturated rings. The van der Waals surface area contributed by atoms with Crippen LogP contribution < -0.4 is 10.2 Å². The summed E-state index contributed by atoms with van der Waals surface area (Å²) in [4.78, 5) is 22.8. The standard InChI is InChI=1S/C21H35N5O2/c1-5-28-15-7-10-22-21(23-17-20(27)24(3)4)26-13-11-25(12-14-26)19-9-6-8-18(2)16-19/h6,8-9,16H,5,7,10-15,17H2,1-4H3,(H,22,23). The van der Waals surface area contributed by atoms with Crippen molar-refractivity contribution >= 4 is 17.6 Å². The van der Waals surface area contributed by atoms with E-state index in [2.05, 4.69) is 51.3 Å². The van der Waals surface area contributed by atoms with E-state index in [0.717, 1.165) is 58.3 Å². The van der Waals surface area contributed by atoms with Gasteiger partial charge >= 0.3 is 0 Å². The summed E-state index contributed by atoms with van der Waals surface area (Å²) in [7, 11) is 3.52. The summed E-state index contributed by atoms with van der Waals surface area (Å²) < 4.78 is 5.40. The van der Waals surface area contributed by atoms with Gasteiger partial charge in [-0.25, -0.2) is 4.99 Å². The summed E-state index contributed by atoms with van der Waals surface area (Å²) in [6.07, 6.45) is 0.914. The fourth-order valence-electron chi connectivity index (χ4n) is 3.07. The van der Waals surface area contributed by atoms with Gasteiger partial charge < -0.3 is 24.8 Å². The Kier molecular flexibility index (Phi) is 9.07. The van der Waals surface area contributed by atoms with Crippen molar-refractivity contribution in [2.75, 3.05) is 71.5 Å². The van der Waals surface area contributed by atoms with Crippen LogP contribution in [0.3, 0.4) is 0 Å². The summed E-state index contributed by atoms with van der Waals surface area (Å²) >= 11 is 0. The van der Waals surface area contributed by atoms with E-state index in [9.17, 15) is 4.79 Å². The molecule has 1 aliphatic rings. The van der Waals surface area contributed by atoms with Crippen LogP contribution >= 0.6 is 0 Å². The quantitative estimate of drug-likeness (QED) is 0.416. The molecule has 7 heteroatoms. The lowest BCUT2D eigenvalue weighted by atomic mass is 10.2. The van der Waals surface area contributed by atoms with Crippen molar-refractivity contribution in [3.8, 4) is 0 Å². The zero-order valence-electron chi connectivity index (χ0n) is 17.8. The molecule has 1 amide bonds. The number of guanidine groups is 1. The van der Waals surface area contributed by atoms with E-state index in [1.165, 1.54) is 11.3 Å². The summed E-state index contributed by atoms with van der Waals surface area (Å²) in [5, 5.41) is 3.41. The highest BCUT2D eigenvalue weighted by Crippen LogP contribution is 2.17. The number of benzene rings is 1. The van der Waals surface area contributed by atoms with Gasteiger partial charge in [0.15, 0.2) is 5.96 Å². The lowest BCUT2D eigenvalue weighted by Crippen LogP contribution is -2.53. The number of aryl methyl sites for hydroxylation is 1. The molecule has 1 aromatic carbocycles. The molecule has 0 unspecified atom stereocenters. The molecular weight excluding hydrogens is 354 g/mol. The van der Waals surface area contributed by atoms with Gasteiger partial charge in [0.25, 0.3) is 0 Å². The van der Waals surface area contributed by atoms with Crippen LogP contribution in [0.2, 0.25) is 0 Å². The Labute approximate surface area is 169 Å². The number of anilines is 1. The van der Waals surface area contributed by atoms with E-state index in [1.54, 1.807) is 19.0 Å². The third kappa shape index (κ3) is 7.03. The molecule has 0 bridgehead atoms. The van der Waals surface area contributed by atoms with E-state index in [1.807, 2.05) is 6.92 Å². The number of piperazine rings is 1. The van der Waals surface area contributed by atoms with E-state index >= 15 is 0 Å². The fourth-order valence-corrected chi connectivity index (χ4v) is 3.07. The van der Waals surface area contributed by atoms with Crippen LogP contribution in [0, 0.1) is 6.92 Å². The van der Waals surface area contributed by atoms with Gasteiger partial charge in [-0.2, -0.15) is 0 Å². The molecule has 28 heavy (non-hydrogen) atoms. The van der Waals surface area contributed by atoms with Crippen LogP contribution in [0.1, 0.15) is 18.9 Å². The van der Waals surface area contributed by atoms with Crippen molar-refractivity contribution in [2.24, 2.45) is 4.99 Å². The monoisotopic (exact) mass is 389 g/mol. The van der Waals surface area contributed by atoms with Crippen molar-refractivity contribution < 1.29 is 9.53 Å². The second kappa shape index (κ2) is 11.5. The maximum Gasteiger partial charge on any atom is 0.243 e. The molecule has 7 nitrogen and oxygen atoms in total. The zero-order chi connectivity index (χ0) is 20.4. The van der Waals surface area contributed by atoms with Crippen LogP contribution in [0.15, 0.2) is 29.3 Å². The second-order valence-corrected chi connectivity index (χ2v) is 7.22. The molecule has 0 radical (unpaired) electrons. The number of nitrogens with one attached hydrogen (secondary N) is 1. The van der Waals surface area contributed by atoms with Crippen LogP contribution in [-0.2, 0) is 9.53 Å². The first-order valence-electron chi connectivity index (χ1n) is 10.1. The molecule has 156 valence electrons. The van der Waals surface area contributed by atoms with Gasteiger partial charge in [-0.1, -0.05) is 12.1 Å². The predicted molar refractivity (Wildman–Crippen MR) is 115 cm³/mol. The van der Waals surface area contributed by atoms with Crippen molar-refractivity contribution in [3.05, 3.63) is 29.8 Å². The maximum atomic E-state index is 12.0. The van der Waals surface area contributed by atoms with Crippen LogP contribution in [0.4, 0.5) is 5.69 Å². The Bertz CT molecular complexity index is 639. The van der Waals surface area contributed by atoms with Gasteiger partial charge in [0, 0.05) is 65.7 Å². The highest BCUT2D eigenvalue weighted by Gasteiger charge is 2.20. The normalized spacial score (nSPS) is 14.9. The smallest absolute Gasteiger partial charge is 0.243 e. The van der Waals surface area contributed by atoms with Crippen molar-refractivity contribution in [1.29, 1.82) is 0 Å². The lowest BCUT2D eigenvalue weighted by molar-refractivity contribution is -0.127. The Balaban J connectivity index is 1.94. The first kappa shape index (κ1) is 22.0. The molecule has 0 spiro atoms. The van der Waals surface area contributed by atoms with Crippen LogP contribution in [0.5, 0.6) is 0 Å². The summed E-state index contributed by atoms with van der Waals surface area (Å²) in [6.45, 7) is 10.2. The number of carbonyl (C=O) groups is 1. The molecule has 0 saturated carbocycles. The zero-order valence-corrected chi connectivity index (χ0v) is 17.8. The molecule has 1 heterocycles. The van der Waals surface area contributed by atoms with Crippen molar-refractivity contribution in [3.63, 3.8) is 0 Å². The van der Waals surface area contributed by atoms with E-state index in [4.69, 9.17) is 4.74 Å². The Hall–Kier alpha value is -2.28. The summed E-state index contributed by atoms with van der Waals surface area (Å²) in [5.74, 6) is 0.822. The lowest BCUT2D eigenvalue weighted by Gasteiger charge is -2.38. The first-order chi connectivity index (χ1) is 13.5. The number of hydrogen-bond acceptors (Lipinski definition) is 4. The summed E-state index contributed by atoms with van der Waals surface area (Å²) in [6, 6.07) is 8.63. The number of nitrogens with zero attached hydrogens (tertiary/aromatic N) is 4. The Morgan fingerprint density at radius 3 is 2.64 bits per heavy atom. The number of ether oxygens (including phenoxy) is 1. The molecule has 0 atom stereocenters. The number of likely N-dealkylation sites (N-methyl/N-ethyl adjacent to an activating group) is 1. The number of carbonyl (C=O) groups excluding carboxylic acids is 1. The average Bonchev–Trinajstić information content (AvgIpc) is 2.70. The highest BCUT2D eigenvalue weighted by atomic mass is 16.5. The molecule has 1 N–H and O–H groups in total. The Morgan fingerprint density at radius 1 is 1.25 bits per heavy atom. The van der Waals surface area contributed by atoms with Gasteiger partial charge in [-0.15, -0.1) is 0 Å². The van der Waals surface area contributed by atoms with Crippen molar-refractivity contribution in [1.82, 2.24) is 15.1 Å². The van der Waals surface area contributed by atoms with Crippen LogP contribution in [0.25, 0.3) is 0 Å². The van der Waals surface area contributed by atoms with Gasteiger partial charge in [0.1, 0.15) is 6.54 Å². The van der Waals surface area contributed by atoms with Gasteiger partial charge in [-0.3, -0.25) is 4.79 Å². The minimum absolute atomic E-state index is 0.00649. The van der Waals surface area contributed by atoms with Crippen molar-refractivity contribution in [2.45, 2.75) is 20.3 Å². The molecule has 1 aromatic rings. The molecule has 0 aliphatic carbocycles. The molecule has 1 aliphatic heterocycles. The predicted octanol–water partition coefficient (Wildman–Crippen LogP) is 1.58. The van der Waals surface area contributed by atoms with Gasteiger partial charge in [0.05, 0.1) is 0 Å². The largest absolute Gasteiger partial charge is 0.382 e.